The second-order valence-corrected chi connectivity index (χ2v) is 8.65. The average molecular weight is 500 g/mol. The molecule has 0 unspecified atom stereocenters. The molecule has 0 spiro atoms. The van der Waals surface area contributed by atoms with E-state index in [-0.39, 0.29) is 22.1 Å². The highest BCUT2D eigenvalue weighted by Crippen LogP contribution is 2.31. The number of amides is 1. The molecular weight excluding hydrogens is 478 g/mol. The molecule has 3 aromatic rings. The van der Waals surface area contributed by atoms with Crippen molar-refractivity contribution in [3.05, 3.63) is 87.5 Å². The van der Waals surface area contributed by atoms with Gasteiger partial charge in [-0.15, -0.1) is 0 Å². The van der Waals surface area contributed by atoms with E-state index in [1.54, 1.807) is 18.2 Å². The smallest absolute Gasteiger partial charge is 0.339 e. The molecule has 0 atom stereocenters. The van der Waals surface area contributed by atoms with Crippen LogP contribution in [-0.2, 0) is 10.1 Å². The molecule has 0 aliphatic carbocycles. The molecule has 1 amide bonds. The number of carbonyl (C=O) groups is 1. The lowest BCUT2D eigenvalue weighted by Crippen LogP contribution is -2.18. The van der Waals surface area contributed by atoms with Gasteiger partial charge in [0, 0.05) is 12.1 Å². The van der Waals surface area contributed by atoms with Crippen molar-refractivity contribution in [1.82, 2.24) is 5.43 Å². The summed E-state index contributed by atoms with van der Waals surface area (Å²) in [5.74, 6) is -0.0725. The van der Waals surface area contributed by atoms with Gasteiger partial charge in [0.2, 0.25) is 0 Å². The minimum absolute atomic E-state index is 0.0889. The number of ether oxygens (including phenoxy) is 2. The zero-order valence-electron chi connectivity index (χ0n) is 18.9. The van der Waals surface area contributed by atoms with Gasteiger partial charge in [-0.25, -0.2) is 5.43 Å². The highest BCUT2D eigenvalue weighted by Gasteiger charge is 2.20. The van der Waals surface area contributed by atoms with E-state index in [0.717, 1.165) is 29.8 Å². The molecule has 0 bridgehead atoms. The van der Waals surface area contributed by atoms with Crippen LogP contribution in [-0.4, -0.2) is 39.7 Å². The van der Waals surface area contributed by atoms with Crippen molar-refractivity contribution in [3.8, 4) is 17.2 Å². The number of rotatable bonds is 9. The topological polar surface area (TPSA) is 146 Å². The summed E-state index contributed by atoms with van der Waals surface area (Å²) in [6, 6.07) is 13.7. The number of benzene rings is 3. The molecule has 0 aliphatic heterocycles. The van der Waals surface area contributed by atoms with E-state index in [2.05, 4.69) is 10.5 Å². The van der Waals surface area contributed by atoms with Crippen LogP contribution in [0.1, 0.15) is 21.5 Å². The maximum atomic E-state index is 12.6. The van der Waals surface area contributed by atoms with Crippen molar-refractivity contribution in [1.29, 1.82) is 0 Å². The molecule has 1 N–H and O–H groups in total. The fourth-order valence-corrected chi connectivity index (χ4v) is 3.89. The number of nitrogens with one attached hydrogen (secondary N) is 1. The first-order valence-electron chi connectivity index (χ1n) is 9.99. The Morgan fingerprint density at radius 3 is 2.29 bits per heavy atom. The Labute approximate surface area is 201 Å². The third-order valence-corrected chi connectivity index (χ3v) is 5.95. The van der Waals surface area contributed by atoms with E-state index in [1.165, 1.54) is 38.6 Å². The maximum Gasteiger partial charge on any atom is 0.339 e. The van der Waals surface area contributed by atoms with Gasteiger partial charge in [0.25, 0.3) is 11.6 Å². The van der Waals surface area contributed by atoms with Crippen molar-refractivity contribution in [2.75, 3.05) is 14.2 Å². The van der Waals surface area contributed by atoms with Crippen molar-refractivity contribution in [2.24, 2.45) is 5.10 Å². The quantitative estimate of drug-likeness (QED) is 0.204. The lowest BCUT2D eigenvalue weighted by Gasteiger charge is -2.11. The highest BCUT2D eigenvalue weighted by atomic mass is 32.2. The van der Waals surface area contributed by atoms with Gasteiger partial charge >= 0.3 is 10.1 Å². The molecule has 0 aromatic heterocycles. The number of aryl methyl sites for hydroxylation is 1. The zero-order chi connectivity index (χ0) is 25.6. The van der Waals surface area contributed by atoms with Crippen LogP contribution in [0.2, 0.25) is 0 Å². The molecule has 3 rings (SSSR count). The monoisotopic (exact) mass is 499 g/mol. The third kappa shape index (κ3) is 6.12. The molecule has 0 radical (unpaired) electrons. The second-order valence-electron chi connectivity index (χ2n) is 7.10. The van der Waals surface area contributed by atoms with E-state index in [9.17, 15) is 23.3 Å². The minimum atomic E-state index is -4.27. The minimum Gasteiger partial charge on any atom is -0.496 e. The molecule has 0 fully saturated rings. The lowest BCUT2D eigenvalue weighted by atomic mass is 10.1. The first-order chi connectivity index (χ1) is 16.6. The van der Waals surface area contributed by atoms with Crippen molar-refractivity contribution < 1.29 is 31.8 Å². The van der Waals surface area contributed by atoms with E-state index in [4.69, 9.17) is 13.7 Å². The molecule has 0 saturated heterocycles. The Morgan fingerprint density at radius 2 is 1.66 bits per heavy atom. The summed E-state index contributed by atoms with van der Waals surface area (Å²) in [6.45, 7) is 1.88. The standard InChI is InChI=1S/C23H21N3O8S/c1-15-4-10-19(21(12-15)32-2)23(27)25-24-14-16-5-11-20(22(13-16)33-3)34-35(30,31)18-8-6-17(7-9-18)26(28)29/h4-14H,1-3H3,(H,25,27)/b24-14-. The number of carbonyl (C=O) groups excluding carboxylic acids is 1. The van der Waals surface area contributed by atoms with Crippen LogP contribution in [0.25, 0.3) is 0 Å². The van der Waals surface area contributed by atoms with E-state index >= 15 is 0 Å². The number of nitrogens with zero attached hydrogens (tertiary/aromatic N) is 2. The zero-order valence-corrected chi connectivity index (χ0v) is 19.7. The van der Waals surface area contributed by atoms with Crippen LogP contribution in [0.4, 0.5) is 5.69 Å². The van der Waals surface area contributed by atoms with Crippen LogP contribution in [0, 0.1) is 17.0 Å². The molecule has 12 heteroatoms. The molecule has 182 valence electrons. The number of non-ortho nitro benzene ring substituents is 1. The molecule has 0 heterocycles. The van der Waals surface area contributed by atoms with Crippen LogP contribution in [0.3, 0.4) is 0 Å². The van der Waals surface area contributed by atoms with Crippen molar-refractivity contribution in [3.63, 3.8) is 0 Å². The van der Waals surface area contributed by atoms with Gasteiger partial charge in [-0.3, -0.25) is 14.9 Å². The van der Waals surface area contributed by atoms with Gasteiger partial charge in [0.15, 0.2) is 11.5 Å². The van der Waals surface area contributed by atoms with Gasteiger partial charge in [-0.05, 0) is 60.5 Å². The predicted molar refractivity (Wildman–Crippen MR) is 127 cm³/mol. The van der Waals surface area contributed by atoms with Gasteiger partial charge in [0.1, 0.15) is 10.6 Å². The summed E-state index contributed by atoms with van der Waals surface area (Å²) in [7, 11) is -1.48. The fourth-order valence-electron chi connectivity index (χ4n) is 2.95. The summed E-state index contributed by atoms with van der Waals surface area (Å²) >= 11 is 0. The molecule has 35 heavy (non-hydrogen) atoms. The first-order valence-corrected chi connectivity index (χ1v) is 11.4. The van der Waals surface area contributed by atoms with E-state index < -0.39 is 20.9 Å². The van der Waals surface area contributed by atoms with Gasteiger partial charge < -0.3 is 13.7 Å². The van der Waals surface area contributed by atoms with Crippen LogP contribution < -0.4 is 19.1 Å². The van der Waals surface area contributed by atoms with E-state index in [0.29, 0.717) is 16.9 Å². The fraction of sp³-hybridized carbons (Fsp3) is 0.130. The molecule has 3 aromatic carbocycles. The Hall–Kier alpha value is -4.45. The van der Waals surface area contributed by atoms with Gasteiger partial charge in [-0.2, -0.15) is 13.5 Å². The SMILES string of the molecule is COc1cc(/C=N\NC(=O)c2ccc(C)cc2OC)ccc1OS(=O)(=O)c1ccc([N+](=O)[O-])cc1. The number of hydrogen-bond donors (Lipinski definition) is 1. The van der Waals surface area contributed by atoms with E-state index in [1.807, 2.05) is 6.92 Å². The number of methoxy groups -OCH3 is 2. The summed E-state index contributed by atoms with van der Waals surface area (Å²) in [5.41, 5.74) is 3.88. The predicted octanol–water partition coefficient (Wildman–Crippen LogP) is 3.45. The van der Waals surface area contributed by atoms with Crippen LogP contribution in [0.5, 0.6) is 17.2 Å². The number of hydrazone groups is 1. The normalized spacial score (nSPS) is 11.2. The molecule has 11 nitrogen and oxygen atoms in total. The summed E-state index contributed by atoms with van der Waals surface area (Å²) in [6.07, 6.45) is 1.34. The van der Waals surface area contributed by atoms with Crippen LogP contribution >= 0.6 is 0 Å². The van der Waals surface area contributed by atoms with Gasteiger partial charge in [0.05, 0.1) is 30.9 Å². The van der Waals surface area contributed by atoms with Crippen molar-refractivity contribution >= 4 is 27.9 Å². The average Bonchev–Trinajstić information content (AvgIpc) is 2.84. The third-order valence-electron chi connectivity index (χ3n) is 4.70. The lowest BCUT2D eigenvalue weighted by molar-refractivity contribution is -0.384. The Morgan fingerprint density at radius 1 is 0.971 bits per heavy atom. The maximum absolute atomic E-state index is 12.6. The largest absolute Gasteiger partial charge is 0.496 e. The summed E-state index contributed by atoms with van der Waals surface area (Å²) in [4.78, 5) is 22.3. The molecule has 0 aliphatic rings. The first kappa shape index (κ1) is 25.2. The Kier molecular flexibility index (Phi) is 7.66. The molecule has 0 saturated carbocycles. The summed E-state index contributed by atoms with van der Waals surface area (Å²) < 4.78 is 40.7. The van der Waals surface area contributed by atoms with Crippen molar-refractivity contribution in [2.45, 2.75) is 11.8 Å². The van der Waals surface area contributed by atoms with Gasteiger partial charge in [-0.1, -0.05) is 6.07 Å². The van der Waals surface area contributed by atoms with Crippen LogP contribution in [0.15, 0.2) is 70.7 Å². The number of nitro groups is 1. The Bertz CT molecular complexity index is 1390. The number of nitro benzene ring substituents is 1. The second kappa shape index (κ2) is 10.7. The Balaban J connectivity index is 1.74. The highest BCUT2D eigenvalue weighted by molar-refractivity contribution is 7.87. The molecular formula is C23H21N3O8S. The number of hydrogen-bond acceptors (Lipinski definition) is 9. The summed E-state index contributed by atoms with van der Waals surface area (Å²) in [5, 5.41) is 14.7.